The van der Waals surface area contributed by atoms with Crippen molar-refractivity contribution in [1.82, 2.24) is 4.98 Å². The lowest BCUT2D eigenvalue weighted by Gasteiger charge is -2.42. The third-order valence-corrected chi connectivity index (χ3v) is 6.99. The van der Waals surface area contributed by atoms with Crippen LogP contribution in [0.5, 0.6) is 0 Å². The lowest BCUT2D eigenvalue weighted by molar-refractivity contribution is -0.129. The molecule has 4 heteroatoms. The molecule has 1 aromatic carbocycles. The van der Waals surface area contributed by atoms with Gasteiger partial charge in [0.15, 0.2) is 0 Å². The Morgan fingerprint density at radius 2 is 1.62 bits per heavy atom. The van der Waals surface area contributed by atoms with E-state index in [1.165, 1.54) is 11.3 Å². The maximum Gasteiger partial charge on any atom is 0.237 e. The van der Waals surface area contributed by atoms with E-state index in [1.54, 1.807) is 6.20 Å². The number of rotatable bonds is 1. The van der Waals surface area contributed by atoms with Crippen molar-refractivity contribution in [2.24, 2.45) is 35.5 Å². The molecule has 2 aromatic rings. The molecule has 0 unspecified atom stereocenters. The second-order valence-electron chi connectivity index (χ2n) is 7.91. The van der Waals surface area contributed by atoms with Crippen LogP contribution < -0.4 is 4.90 Å². The molecule has 1 saturated heterocycles. The topological polar surface area (TPSA) is 50.3 Å². The first-order chi connectivity index (χ1) is 11.7. The monoisotopic (exact) mass is 318 g/mol. The van der Waals surface area contributed by atoms with Gasteiger partial charge in [0, 0.05) is 11.6 Å². The van der Waals surface area contributed by atoms with Crippen LogP contribution in [0.1, 0.15) is 19.3 Å². The molecule has 4 nitrogen and oxygen atoms in total. The zero-order valence-corrected chi connectivity index (χ0v) is 13.3. The van der Waals surface area contributed by atoms with E-state index >= 15 is 0 Å². The van der Waals surface area contributed by atoms with Crippen LogP contribution in [0.3, 0.4) is 0 Å². The number of fused-ring (bicyclic) bond motifs is 2. The van der Waals surface area contributed by atoms with Crippen molar-refractivity contribution in [2.45, 2.75) is 19.3 Å². The van der Waals surface area contributed by atoms with Gasteiger partial charge in [0.25, 0.3) is 0 Å². The van der Waals surface area contributed by atoms with Crippen molar-refractivity contribution in [3.05, 3.63) is 36.5 Å². The number of benzene rings is 1. The largest absolute Gasteiger partial charge is 0.274 e. The maximum absolute atomic E-state index is 13.1. The van der Waals surface area contributed by atoms with Gasteiger partial charge in [0.2, 0.25) is 11.8 Å². The minimum atomic E-state index is -0.0513. The average Bonchev–Trinajstić information content (AvgIpc) is 3.39. The van der Waals surface area contributed by atoms with E-state index in [2.05, 4.69) is 4.98 Å². The summed E-state index contributed by atoms with van der Waals surface area (Å²) in [6, 6.07) is 9.55. The third kappa shape index (κ3) is 1.47. The summed E-state index contributed by atoms with van der Waals surface area (Å²) in [5, 5.41) is 0.969. The quantitative estimate of drug-likeness (QED) is 0.760. The second-order valence-corrected chi connectivity index (χ2v) is 7.91. The third-order valence-electron chi connectivity index (χ3n) is 6.99. The van der Waals surface area contributed by atoms with Crippen molar-refractivity contribution in [2.75, 3.05) is 4.90 Å². The molecule has 1 aliphatic heterocycles. The van der Waals surface area contributed by atoms with Gasteiger partial charge in [-0.2, -0.15) is 0 Å². The minimum absolute atomic E-state index is 0.0493. The molecule has 4 aliphatic carbocycles. The normalized spacial score (nSPS) is 39.2. The minimum Gasteiger partial charge on any atom is -0.274 e. The fourth-order valence-electron chi connectivity index (χ4n) is 5.99. The van der Waals surface area contributed by atoms with Crippen molar-refractivity contribution >= 4 is 28.4 Å². The molecule has 120 valence electrons. The van der Waals surface area contributed by atoms with Gasteiger partial charge in [-0.25, -0.2) is 0 Å². The number of amides is 2. The number of carbonyl (C=O) groups excluding carboxylic acids is 2. The van der Waals surface area contributed by atoms with E-state index in [1.807, 2.05) is 30.3 Å². The lowest BCUT2D eigenvalue weighted by Crippen LogP contribution is -2.43. The summed E-state index contributed by atoms with van der Waals surface area (Å²) in [5.41, 5.74) is 1.60. The first kappa shape index (κ1) is 13.1. The Hall–Kier alpha value is -2.23. The van der Waals surface area contributed by atoms with Gasteiger partial charge in [-0.1, -0.05) is 6.07 Å². The van der Waals surface area contributed by atoms with Gasteiger partial charge in [-0.05, 0) is 67.2 Å². The van der Waals surface area contributed by atoms with Crippen LogP contribution in [0.15, 0.2) is 36.5 Å². The number of hydrogen-bond acceptors (Lipinski definition) is 3. The highest BCUT2D eigenvalue weighted by atomic mass is 16.2. The molecule has 2 amide bonds. The van der Waals surface area contributed by atoms with E-state index in [4.69, 9.17) is 0 Å². The standard InChI is InChI=1S/C20H18N2O2/c23-19-17-12-4-5-13(15-9-14(12)15)18(17)20(24)22(19)11-3-6-16-10(8-11)2-1-7-21-16/h1-3,6-8,12-15,17-18H,4-5,9H2/t12-,13+,14+,15-,17-,18+. The summed E-state index contributed by atoms with van der Waals surface area (Å²) in [7, 11) is 0. The van der Waals surface area contributed by atoms with Gasteiger partial charge < -0.3 is 0 Å². The van der Waals surface area contributed by atoms with Crippen LogP contribution in [0.2, 0.25) is 0 Å². The summed E-state index contributed by atoms with van der Waals surface area (Å²) in [6.45, 7) is 0. The van der Waals surface area contributed by atoms with E-state index in [0.717, 1.165) is 35.6 Å². The van der Waals surface area contributed by atoms with Crippen LogP contribution in [0, 0.1) is 35.5 Å². The zero-order chi connectivity index (χ0) is 16.0. The molecule has 0 spiro atoms. The first-order valence-electron chi connectivity index (χ1n) is 8.96. The van der Waals surface area contributed by atoms with Crippen LogP contribution >= 0.6 is 0 Å². The number of pyridine rings is 1. The number of imide groups is 1. The Labute approximate surface area is 139 Å². The summed E-state index contributed by atoms with van der Waals surface area (Å²) in [4.78, 5) is 32.1. The highest BCUT2D eigenvalue weighted by Crippen LogP contribution is 2.68. The van der Waals surface area contributed by atoms with Crippen LogP contribution in [0.25, 0.3) is 10.9 Å². The number of nitrogens with zero attached hydrogens (tertiary/aromatic N) is 2. The van der Waals surface area contributed by atoms with Gasteiger partial charge in [-0.3, -0.25) is 19.5 Å². The molecule has 6 atom stereocenters. The van der Waals surface area contributed by atoms with E-state index < -0.39 is 0 Å². The van der Waals surface area contributed by atoms with Gasteiger partial charge >= 0.3 is 0 Å². The molecule has 0 N–H and O–H groups in total. The molecule has 2 heterocycles. The van der Waals surface area contributed by atoms with Crippen LogP contribution in [-0.4, -0.2) is 16.8 Å². The Balaban J connectivity index is 1.45. The van der Waals surface area contributed by atoms with Gasteiger partial charge in [0.1, 0.15) is 0 Å². The van der Waals surface area contributed by atoms with Crippen molar-refractivity contribution < 1.29 is 9.59 Å². The summed E-state index contributed by atoms with van der Waals surface area (Å²) in [5.74, 6) is 2.35. The summed E-state index contributed by atoms with van der Waals surface area (Å²) in [6.07, 6.45) is 5.29. The van der Waals surface area contributed by atoms with Gasteiger partial charge in [-0.15, -0.1) is 0 Å². The van der Waals surface area contributed by atoms with Crippen LogP contribution in [-0.2, 0) is 9.59 Å². The molecule has 4 saturated carbocycles. The van der Waals surface area contributed by atoms with Crippen molar-refractivity contribution in [3.63, 3.8) is 0 Å². The molecule has 2 bridgehead atoms. The predicted octanol–water partition coefficient (Wildman–Crippen LogP) is 3.02. The highest BCUT2D eigenvalue weighted by molar-refractivity contribution is 6.22. The molecule has 7 rings (SSSR count). The van der Waals surface area contributed by atoms with E-state index in [0.29, 0.717) is 17.5 Å². The zero-order valence-electron chi connectivity index (χ0n) is 13.3. The summed E-state index contributed by atoms with van der Waals surface area (Å²) < 4.78 is 0. The van der Waals surface area contributed by atoms with E-state index in [-0.39, 0.29) is 23.7 Å². The second kappa shape index (κ2) is 4.24. The van der Waals surface area contributed by atoms with Crippen molar-refractivity contribution in [3.8, 4) is 0 Å². The fourth-order valence-corrected chi connectivity index (χ4v) is 5.99. The highest BCUT2D eigenvalue weighted by Gasteiger charge is 2.68. The van der Waals surface area contributed by atoms with Gasteiger partial charge in [0.05, 0.1) is 23.0 Å². The Bertz CT molecular complexity index is 873. The van der Waals surface area contributed by atoms with Crippen LogP contribution in [0.4, 0.5) is 5.69 Å². The molecule has 5 fully saturated rings. The SMILES string of the molecule is O=C1[C@@H]2[C@@H]3CC[C@@H]([C@H]4C[C@H]43)[C@@H]2C(=O)N1c1ccc2ncccc2c1. The average molecular weight is 318 g/mol. The molecular weight excluding hydrogens is 300 g/mol. The first-order valence-corrected chi connectivity index (χ1v) is 8.96. The molecule has 5 aliphatic rings. The number of carbonyl (C=O) groups is 2. The lowest BCUT2D eigenvalue weighted by atomic mass is 9.59. The molecule has 24 heavy (non-hydrogen) atoms. The van der Waals surface area contributed by atoms with E-state index in [9.17, 15) is 9.59 Å². The van der Waals surface area contributed by atoms with Crippen molar-refractivity contribution in [1.29, 1.82) is 0 Å². The Morgan fingerprint density at radius 3 is 2.33 bits per heavy atom. The Kier molecular flexibility index (Phi) is 2.31. The molecule has 1 aromatic heterocycles. The fraction of sp³-hybridized carbons (Fsp3) is 0.450. The summed E-state index contributed by atoms with van der Waals surface area (Å²) >= 11 is 0. The Morgan fingerprint density at radius 1 is 0.917 bits per heavy atom. The predicted molar refractivity (Wildman–Crippen MR) is 89.0 cm³/mol. The molecular formula is C20H18N2O2. The maximum atomic E-state index is 13.1. The number of hydrogen-bond donors (Lipinski definition) is 0. The smallest absolute Gasteiger partial charge is 0.237 e. The number of aromatic nitrogens is 1. The number of anilines is 1. The molecule has 0 radical (unpaired) electrons.